The number of aromatic nitrogens is 3. The number of amides is 1. The van der Waals surface area contributed by atoms with Gasteiger partial charge < -0.3 is 5.73 Å². The van der Waals surface area contributed by atoms with Gasteiger partial charge in [0.1, 0.15) is 11.5 Å². The van der Waals surface area contributed by atoms with Gasteiger partial charge in [0.2, 0.25) is 0 Å². The van der Waals surface area contributed by atoms with Crippen molar-refractivity contribution in [3.05, 3.63) is 77.6 Å². The van der Waals surface area contributed by atoms with Gasteiger partial charge in [-0.2, -0.15) is 4.39 Å². The van der Waals surface area contributed by atoms with Crippen LogP contribution in [-0.4, -0.2) is 38.8 Å². The molecule has 1 atom stereocenters. The Morgan fingerprint density at radius 1 is 1.03 bits per heavy atom. The van der Waals surface area contributed by atoms with E-state index in [1.54, 1.807) is 0 Å². The van der Waals surface area contributed by atoms with Crippen LogP contribution in [0.1, 0.15) is 23.2 Å². The van der Waals surface area contributed by atoms with Crippen molar-refractivity contribution in [3.8, 4) is 11.1 Å². The lowest BCUT2D eigenvalue weighted by molar-refractivity contribution is -0.129. The molecular weight excluding hydrogens is 416 g/mol. The Kier molecular flexibility index (Phi) is 4.88. The summed E-state index contributed by atoms with van der Waals surface area (Å²) in [7, 11) is 1.34. The number of alkyl halides is 2. The number of guanidine groups is 1. The molecule has 2 N–H and O–H groups in total. The zero-order valence-corrected chi connectivity index (χ0v) is 15.9. The second-order valence-corrected chi connectivity index (χ2v) is 6.75. The molecule has 1 aliphatic rings. The van der Waals surface area contributed by atoms with Gasteiger partial charge in [-0.25, -0.2) is 28.1 Å². The van der Waals surface area contributed by atoms with Crippen molar-refractivity contribution in [2.45, 2.75) is 12.0 Å². The Morgan fingerprint density at radius 3 is 2.35 bits per heavy atom. The van der Waals surface area contributed by atoms with Crippen molar-refractivity contribution in [2.75, 3.05) is 7.05 Å². The number of aliphatic imine (C=N–C) groups is 1. The van der Waals surface area contributed by atoms with Crippen molar-refractivity contribution in [3.63, 3.8) is 0 Å². The first-order chi connectivity index (χ1) is 14.7. The smallest absolute Gasteiger partial charge is 0.308 e. The van der Waals surface area contributed by atoms with Gasteiger partial charge in [0.15, 0.2) is 11.5 Å². The maximum absolute atomic E-state index is 15.1. The third-order valence-corrected chi connectivity index (χ3v) is 4.97. The van der Waals surface area contributed by atoms with Crippen molar-refractivity contribution >= 4 is 11.9 Å². The lowest BCUT2D eigenvalue weighted by Crippen LogP contribution is -2.41. The van der Waals surface area contributed by atoms with E-state index >= 15 is 4.39 Å². The highest BCUT2D eigenvalue weighted by molar-refractivity contribution is 6.09. The molecule has 0 aliphatic carbocycles. The molecule has 7 nitrogen and oxygen atoms in total. The number of pyridine rings is 1. The van der Waals surface area contributed by atoms with Gasteiger partial charge in [0.05, 0.1) is 0 Å². The average Bonchev–Trinajstić information content (AvgIpc) is 2.99. The van der Waals surface area contributed by atoms with Crippen LogP contribution in [0, 0.1) is 11.9 Å². The van der Waals surface area contributed by atoms with Crippen LogP contribution in [-0.2, 0) is 10.3 Å². The molecule has 0 bridgehead atoms. The average molecular weight is 430 g/mol. The number of carbonyl (C=O) groups excluding carboxylic acids is 1. The van der Waals surface area contributed by atoms with Crippen LogP contribution >= 0.6 is 0 Å². The lowest BCUT2D eigenvalue weighted by Gasteiger charge is -2.27. The summed E-state index contributed by atoms with van der Waals surface area (Å²) in [5, 5.41) is 0. The number of hydrogen-bond donors (Lipinski definition) is 1. The molecule has 3 heterocycles. The highest BCUT2D eigenvalue weighted by Crippen LogP contribution is 2.42. The monoisotopic (exact) mass is 430 g/mol. The molecule has 0 saturated heterocycles. The summed E-state index contributed by atoms with van der Waals surface area (Å²) < 4.78 is 54.7. The Hall–Kier alpha value is -3.89. The number of hydrogen-bond acceptors (Lipinski definition) is 6. The fourth-order valence-corrected chi connectivity index (χ4v) is 3.40. The van der Waals surface area contributed by atoms with Crippen molar-refractivity contribution in [1.29, 1.82) is 0 Å². The number of likely N-dealkylation sites (N-methyl/N-ethyl adjacent to an activating group) is 1. The molecule has 1 aromatic carbocycles. The Bertz CT molecular complexity index is 1200. The van der Waals surface area contributed by atoms with Gasteiger partial charge in [0, 0.05) is 36.8 Å². The summed E-state index contributed by atoms with van der Waals surface area (Å²) >= 11 is 0. The summed E-state index contributed by atoms with van der Waals surface area (Å²) in [5.41, 5.74) is 3.64. The molecule has 0 spiro atoms. The van der Waals surface area contributed by atoms with Crippen molar-refractivity contribution in [1.82, 2.24) is 19.9 Å². The van der Waals surface area contributed by atoms with Crippen LogP contribution in [0.5, 0.6) is 0 Å². The zero-order valence-electron chi connectivity index (χ0n) is 15.9. The Labute approximate surface area is 173 Å². The number of carbonyl (C=O) groups is 1. The minimum atomic E-state index is -2.92. The number of nitrogens with zero attached hydrogens (tertiary/aromatic N) is 5. The van der Waals surface area contributed by atoms with Crippen LogP contribution in [0.4, 0.5) is 17.6 Å². The highest BCUT2D eigenvalue weighted by Gasteiger charge is 2.51. The first-order valence-electron chi connectivity index (χ1n) is 8.90. The molecule has 4 rings (SSSR count). The van der Waals surface area contributed by atoms with E-state index in [2.05, 4.69) is 19.9 Å². The number of nitrogens with two attached hydrogens (primary N) is 1. The van der Waals surface area contributed by atoms with Crippen molar-refractivity contribution in [2.24, 2.45) is 10.7 Å². The number of benzene rings is 1. The molecule has 31 heavy (non-hydrogen) atoms. The minimum Gasteiger partial charge on any atom is -0.369 e. The van der Waals surface area contributed by atoms with E-state index in [-0.39, 0.29) is 17.1 Å². The van der Waals surface area contributed by atoms with E-state index in [1.807, 2.05) is 0 Å². The SMILES string of the molecule is CN1C(=O)C(c2ccnc(C(F)F)c2)(c2cc(-c3cnc(F)nc3)ccc2F)N=C1N. The maximum atomic E-state index is 15.1. The molecule has 158 valence electrons. The molecule has 1 amide bonds. The molecular formula is C20H14F4N6O. The van der Waals surface area contributed by atoms with E-state index in [0.29, 0.717) is 11.1 Å². The summed E-state index contributed by atoms with van der Waals surface area (Å²) in [6.45, 7) is 0. The largest absolute Gasteiger partial charge is 0.369 e. The fourth-order valence-electron chi connectivity index (χ4n) is 3.40. The minimum absolute atomic E-state index is 0.0264. The third-order valence-electron chi connectivity index (χ3n) is 4.97. The molecule has 0 fully saturated rings. The van der Waals surface area contributed by atoms with E-state index in [1.165, 1.54) is 37.6 Å². The Morgan fingerprint density at radius 2 is 1.74 bits per heavy atom. The molecule has 0 radical (unpaired) electrons. The second-order valence-electron chi connectivity index (χ2n) is 6.75. The number of rotatable bonds is 4. The summed E-state index contributed by atoms with van der Waals surface area (Å²) in [5.74, 6) is -1.76. The maximum Gasteiger partial charge on any atom is 0.308 e. The zero-order chi connectivity index (χ0) is 22.3. The summed E-state index contributed by atoms with van der Waals surface area (Å²) in [4.78, 5) is 29.0. The topological polar surface area (TPSA) is 97.4 Å². The van der Waals surface area contributed by atoms with E-state index < -0.39 is 35.5 Å². The second kappa shape index (κ2) is 7.42. The van der Waals surface area contributed by atoms with Crippen LogP contribution in [0.15, 0.2) is 53.9 Å². The predicted molar refractivity (Wildman–Crippen MR) is 102 cm³/mol. The van der Waals surface area contributed by atoms with E-state index in [0.717, 1.165) is 23.2 Å². The lowest BCUT2D eigenvalue weighted by atomic mass is 9.81. The normalized spacial score (nSPS) is 18.6. The summed E-state index contributed by atoms with van der Waals surface area (Å²) in [6, 6.07) is 6.07. The van der Waals surface area contributed by atoms with Gasteiger partial charge in [-0.3, -0.25) is 14.7 Å². The quantitative estimate of drug-likeness (QED) is 0.507. The molecule has 1 unspecified atom stereocenters. The molecule has 1 aliphatic heterocycles. The molecule has 2 aromatic heterocycles. The number of halogens is 4. The molecule has 0 saturated carbocycles. The molecule has 11 heteroatoms. The predicted octanol–water partition coefficient (Wildman–Crippen LogP) is 2.78. The van der Waals surface area contributed by atoms with Crippen LogP contribution < -0.4 is 5.73 Å². The van der Waals surface area contributed by atoms with E-state index in [4.69, 9.17) is 5.73 Å². The fraction of sp³-hybridized carbons (Fsp3) is 0.150. The van der Waals surface area contributed by atoms with Gasteiger partial charge in [0.25, 0.3) is 12.3 Å². The van der Waals surface area contributed by atoms with Crippen molar-refractivity contribution < 1.29 is 22.4 Å². The van der Waals surface area contributed by atoms with Gasteiger partial charge >= 0.3 is 6.08 Å². The van der Waals surface area contributed by atoms with Crippen LogP contribution in [0.3, 0.4) is 0 Å². The van der Waals surface area contributed by atoms with Gasteiger partial charge in [-0.05, 0) is 35.4 Å². The first kappa shape index (κ1) is 20.4. The van der Waals surface area contributed by atoms with E-state index in [9.17, 15) is 18.0 Å². The standard InChI is InChI=1S/C20H14F4N6O/c1-30-17(31)20(29-19(30)25,12-4-5-26-15(7-12)16(22)23)13-6-10(2-3-14(13)21)11-8-27-18(24)28-9-11/h2-9,16H,1H3,(H2,25,29). The summed E-state index contributed by atoms with van der Waals surface area (Å²) in [6.07, 6.45) is -0.393. The van der Waals surface area contributed by atoms with Crippen LogP contribution in [0.25, 0.3) is 11.1 Å². The Balaban J connectivity index is 1.98. The van der Waals surface area contributed by atoms with Crippen LogP contribution in [0.2, 0.25) is 0 Å². The van der Waals surface area contributed by atoms with Gasteiger partial charge in [-0.15, -0.1) is 0 Å². The first-order valence-corrected chi connectivity index (χ1v) is 8.90. The third kappa shape index (κ3) is 3.27. The van der Waals surface area contributed by atoms with Gasteiger partial charge in [-0.1, -0.05) is 6.07 Å². The molecule has 3 aromatic rings. The highest BCUT2D eigenvalue weighted by atomic mass is 19.3.